The van der Waals surface area contributed by atoms with Crippen molar-refractivity contribution in [3.8, 4) is 0 Å². The highest BCUT2D eigenvalue weighted by Crippen LogP contribution is 2.24. The van der Waals surface area contributed by atoms with E-state index in [9.17, 15) is 8.42 Å². The average Bonchev–Trinajstić information content (AvgIpc) is 2.40. The number of ether oxygens (including phenoxy) is 1. The van der Waals surface area contributed by atoms with E-state index < -0.39 is 10.2 Å². The van der Waals surface area contributed by atoms with E-state index in [1.165, 1.54) is 8.61 Å². The normalized spacial score (nSPS) is 31.7. The Balaban J connectivity index is 2.00. The van der Waals surface area contributed by atoms with Crippen molar-refractivity contribution in [3.63, 3.8) is 0 Å². The number of rotatable bonds is 3. The zero-order valence-electron chi connectivity index (χ0n) is 10.9. The van der Waals surface area contributed by atoms with Gasteiger partial charge >= 0.3 is 0 Å². The molecule has 0 atom stereocenters. The van der Waals surface area contributed by atoms with Crippen LogP contribution in [0.25, 0.3) is 0 Å². The molecule has 0 radical (unpaired) electrons. The monoisotopic (exact) mass is 277 g/mol. The molecule has 18 heavy (non-hydrogen) atoms. The predicted molar refractivity (Wildman–Crippen MR) is 69.3 cm³/mol. The highest BCUT2D eigenvalue weighted by atomic mass is 32.2. The van der Waals surface area contributed by atoms with Gasteiger partial charge in [0.15, 0.2) is 0 Å². The quantitative estimate of drug-likeness (QED) is 0.773. The minimum absolute atomic E-state index is 0.0950. The Hall–Kier alpha value is -0.210. The minimum atomic E-state index is -3.33. The van der Waals surface area contributed by atoms with E-state index in [1.807, 2.05) is 0 Å². The summed E-state index contributed by atoms with van der Waals surface area (Å²) in [5.41, 5.74) is 5.85. The summed E-state index contributed by atoms with van der Waals surface area (Å²) in [6.07, 6.45) is 3.55. The number of nitrogens with zero attached hydrogens (tertiary/aromatic N) is 2. The van der Waals surface area contributed by atoms with Crippen molar-refractivity contribution >= 4 is 10.2 Å². The molecule has 0 spiro atoms. The van der Waals surface area contributed by atoms with Crippen LogP contribution in [0.1, 0.15) is 25.7 Å². The lowest BCUT2D eigenvalue weighted by molar-refractivity contribution is 0.0693. The standard InChI is InChI=1S/C11H23N3O3S/c1-13(11-4-2-10(12)3-5-11)18(15,16)14-6-8-17-9-7-14/h10-11H,2-9,12H2,1H3. The fraction of sp³-hybridized carbons (Fsp3) is 1.00. The number of morpholine rings is 1. The van der Waals surface area contributed by atoms with Gasteiger partial charge in [0.25, 0.3) is 10.2 Å². The smallest absolute Gasteiger partial charge is 0.282 e. The Morgan fingerprint density at radius 3 is 2.28 bits per heavy atom. The van der Waals surface area contributed by atoms with Gasteiger partial charge < -0.3 is 10.5 Å². The summed E-state index contributed by atoms with van der Waals surface area (Å²) < 4.78 is 33.1. The summed E-state index contributed by atoms with van der Waals surface area (Å²) in [5, 5.41) is 0. The van der Waals surface area contributed by atoms with Crippen molar-refractivity contribution in [2.24, 2.45) is 5.73 Å². The molecule has 0 unspecified atom stereocenters. The third kappa shape index (κ3) is 3.03. The molecule has 1 aliphatic heterocycles. The van der Waals surface area contributed by atoms with Gasteiger partial charge in [-0.1, -0.05) is 0 Å². The molecule has 1 saturated carbocycles. The molecule has 0 aromatic rings. The van der Waals surface area contributed by atoms with Crippen LogP contribution in [0.2, 0.25) is 0 Å². The number of nitrogens with two attached hydrogens (primary N) is 1. The molecule has 7 heteroatoms. The Bertz CT molecular complexity index is 360. The first-order valence-electron chi connectivity index (χ1n) is 6.58. The van der Waals surface area contributed by atoms with E-state index >= 15 is 0 Å². The Morgan fingerprint density at radius 2 is 1.72 bits per heavy atom. The van der Waals surface area contributed by atoms with Gasteiger partial charge in [-0.2, -0.15) is 17.0 Å². The van der Waals surface area contributed by atoms with E-state index in [4.69, 9.17) is 10.5 Å². The Morgan fingerprint density at radius 1 is 1.17 bits per heavy atom. The van der Waals surface area contributed by atoms with Crippen LogP contribution in [-0.2, 0) is 14.9 Å². The number of hydrogen-bond donors (Lipinski definition) is 1. The van der Waals surface area contributed by atoms with Crippen LogP contribution >= 0.6 is 0 Å². The second kappa shape index (κ2) is 5.83. The van der Waals surface area contributed by atoms with Crippen LogP contribution in [-0.4, -0.2) is 62.5 Å². The summed E-state index contributed by atoms with van der Waals surface area (Å²) in [4.78, 5) is 0. The Kier molecular flexibility index (Phi) is 4.60. The number of hydrogen-bond acceptors (Lipinski definition) is 4. The zero-order valence-corrected chi connectivity index (χ0v) is 11.7. The van der Waals surface area contributed by atoms with Crippen molar-refractivity contribution in [2.75, 3.05) is 33.4 Å². The van der Waals surface area contributed by atoms with Crippen molar-refractivity contribution < 1.29 is 13.2 Å². The molecule has 1 saturated heterocycles. The van der Waals surface area contributed by atoms with Gasteiger partial charge in [0.2, 0.25) is 0 Å². The van der Waals surface area contributed by atoms with Gasteiger partial charge in [0.1, 0.15) is 0 Å². The molecular weight excluding hydrogens is 254 g/mol. The zero-order chi connectivity index (χ0) is 13.2. The van der Waals surface area contributed by atoms with E-state index in [-0.39, 0.29) is 12.1 Å². The SMILES string of the molecule is CN(C1CCC(N)CC1)S(=O)(=O)N1CCOCC1. The molecule has 0 amide bonds. The summed E-state index contributed by atoms with van der Waals surface area (Å²) >= 11 is 0. The third-order valence-corrected chi connectivity index (χ3v) is 5.96. The van der Waals surface area contributed by atoms with Gasteiger partial charge in [-0.15, -0.1) is 0 Å². The molecule has 2 aliphatic rings. The summed E-state index contributed by atoms with van der Waals surface area (Å²) in [5.74, 6) is 0. The third-order valence-electron chi connectivity index (χ3n) is 3.92. The topological polar surface area (TPSA) is 75.9 Å². The summed E-state index contributed by atoms with van der Waals surface area (Å²) in [7, 11) is -1.65. The molecule has 106 valence electrons. The predicted octanol–water partition coefficient (Wildman–Crippen LogP) is -0.235. The second-order valence-corrected chi connectivity index (χ2v) is 7.09. The van der Waals surface area contributed by atoms with E-state index in [0.717, 1.165) is 25.7 Å². The molecule has 2 N–H and O–H groups in total. The largest absolute Gasteiger partial charge is 0.379 e. The molecule has 1 heterocycles. The van der Waals surface area contributed by atoms with Gasteiger partial charge in [0.05, 0.1) is 13.2 Å². The van der Waals surface area contributed by atoms with E-state index in [2.05, 4.69) is 0 Å². The second-order valence-electron chi connectivity index (χ2n) is 5.10. The van der Waals surface area contributed by atoms with Crippen molar-refractivity contribution in [1.82, 2.24) is 8.61 Å². The van der Waals surface area contributed by atoms with Crippen LogP contribution in [0.3, 0.4) is 0 Å². The highest BCUT2D eigenvalue weighted by molar-refractivity contribution is 7.86. The van der Waals surface area contributed by atoms with Crippen LogP contribution in [0.15, 0.2) is 0 Å². The van der Waals surface area contributed by atoms with Crippen molar-refractivity contribution in [3.05, 3.63) is 0 Å². The molecule has 6 nitrogen and oxygen atoms in total. The maximum atomic E-state index is 12.4. The molecule has 0 aromatic carbocycles. The van der Waals surface area contributed by atoms with Gasteiger partial charge in [0, 0.05) is 32.2 Å². The first kappa shape index (κ1) is 14.2. The highest BCUT2D eigenvalue weighted by Gasteiger charge is 2.34. The molecule has 0 bridgehead atoms. The fourth-order valence-electron chi connectivity index (χ4n) is 2.61. The van der Waals surface area contributed by atoms with E-state index in [0.29, 0.717) is 26.3 Å². The molecule has 0 aromatic heterocycles. The summed E-state index contributed by atoms with van der Waals surface area (Å²) in [6, 6.07) is 0.332. The minimum Gasteiger partial charge on any atom is -0.379 e. The van der Waals surface area contributed by atoms with Gasteiger partial charge in [-0.3, -0.25) is 0 Å². The fourth-order valence-corrected chi connectivity index (χ4v) is 4.18. The first-order valence-corrected chi connectivity index (χ1v) is 7.98. The molecular formula is C11H23N3O3S. The maximum Gasteiger partial charge on any atom is 0.282 e. The lowest BCUT2D eigenvalue weighted by Gasteiger charge is -2.36. The molecule has 2 fully saturated rings. The lowest BCUT2D eigenvalue weighted by Crippen LogP contribution is -2.51. The molecule has 2 rings (SSSR count). The van der Waals surface area contributed by atoms with Crippen LogP contribution in [0.4, 0.5) is 0 Å². The maximum absolute atomic E-state index is 12.4. The van der Waals surface area contributed by atoms with E-state index in [1.54, 1.807) is 7.05 Å². The molecule has 1 aliphatic carbocycles. The Labute approximate surface area is 109 Å². The van der Waals surface area contributed by atoms with Crippen molar-refractivity contribution in [2.45, 2.75) is 37.8 Å². The van der Waals surface area contributed by atoms with Gasteiger partial charge in [-0.25, -0.2) is 0 Å². The lowest BCUT2D eigenvalue weighted by atomic mass is 9.92. The first-order chi connectivity index (χ1) is 8.51. The van der Waals surface area contributed by atoms with Gasteiger partial charge in [-0.05, 0) is 25.7 Å². The van der Waals surface area contributed by atoms with Crippen LogP contribution in [0.5, 0.6) is 0 Å². The van der Waals surface area contributed by atoms with Crippen LogP contribution in [0, 0.1) is 0 Å². The van der Waals surface area contributed by atoms with Crippen molar-refractivity contribution in [1.29, 1.82) is 0 Å². The van der Waals surface area contributed by atoms with Crippen LogP contribution < -0.4 is 5.73 Å². The average molecular weight is 277 g/mol. The summed E-state index contributed by atoms with van der Waals surface area (Å²) in [6.45, 7) is 1.89.